The maximum atomic E-state index is 11.0. The molecule has 0 spiro atoms. The van der Waals surface area contributed by atoms with Crippen LogP contribution in [0.2, 0.25) is 0 Å². The van der Waals surface area contributed by atoms with Crippen molar-refractivity contribution in [3.05, 3.63) is 24.0 Å². The van der Waals surface area contributed by atoms with E-state index in [1.165, 1.54) is 0 Å². The van der Waals surface area contributed by atoms with Gasteiger partial charge in [-0.2, -0.15) is 0 Å². The highest BCUT2D eigenvalue weighted by Gasteiger charge is 2.41. The Hall–Kier alpha value is -1.05. The number of carbonyl (C=O) groups is 1. The van der Waals surface area contributed by atoms with Crippen molar-refractivity contribution in [2.45, 2.75) is 26.2 Å². The van der Waals surface area contributed by atoms with Gasteiger partial charge in [0.2, 0.25) is 0 Å². The molecule has 4 atom stereocenters. The van der Waals surface area contributed by atoms with Crippen LogP contribution in [0.25, 0.3) is 0 Å². The molecule has 0 aromatic carbocycles. The fourth-order valence-corrected chi connectivity index (χ4v) is 3.10. The van der Waals surface area contributed by atoms with Crippen molar-refractivity contribution in [3.8, 4) is 0 Å². The second-order valence-electron chi connectivity index (χ2n) is 4.62. The zero-order valence-electron chi connectivity index (χ0n) is 9.10. The van der Waals surface area contributed by atoms with E-state index in [1.807, 2.05) is 13.0 Å². The molecule has 0 heterocycles. The topological polar surface area (TPSA) is 37.3 Å². The average Bonchev–Trinajstić information content (AvgIpc) is 2.66. The molecule has 0 aromatic heterocycles. The lowest BCUT2D eigenvalue weighted by Gasteiger charge is -2.27. The Balaban J connectivity index is 2.19. The van der Waals surface area contributed by atoms with Crippen LogP contribution >= 0.6 is 0 Å². The number of aldehydes is 1. The minimum atomic E-state index is 0.113. The third-order valence-electron chi connectivity index (χ3n) is 3.92. The first-order chi connectivity index (χ1) is 7.27. The normalized spacial score (nSPS) is 35.8. The first-order valence-electron chi connectivity index (χ1n) is 5.80. The van der Waals surface area contributed by atoms with E-state index in [4.69, 9.17) is 0 Å². The SMILES string of the molecule is CCC(C=O)C1CCC2C=CC=C(O)C21. The van der Waals surface area contributed by atoms with E-state index in [0.29, 0.717) is 17.6 Å². The van der Waals surface area contributed by atoms with Crippen molar-refractivity contribution in [1.82, 2.24) is 0 Å². The predicted molar refractivity (Wildman–Crippen MR) is 59.4 cm³/mol. The van der Waals surface area contributed by atoms with E-state index in [-0.39, 0.29) is 11.8 Å². The standard InChI is InChI=1S/C13H18O2/c1-2-9(8-14)11-7-6-10-4-3-5-12(15)13(10)11/h3-5,8-11,13,15H,2,6-7H2,1H3. The van der Waals surface area contributed by atoms with Gasteiger partial charge in [-0.1, -0.05) is 19.1 Å². The number of carbonyl (C=O) groups excluding carboxylic acids is 1. The Bertz CT molecular complexity index is 304. The molecule has 1 N–H and O–H groups in total. The molecule has 2 aliphatic carbocycles. The molecular formula is C13H18O2. The molecule has 82 valence electrons. The fraction of sp³-hybridized carbons (Fsp3) is 0.615. The number of hydrogen-bond acceptors (Lipinski definition) is 2. The minimum absolute atomic E-state index is 0.113. The summed E-state index contributed by atoms with van der Waals surface area (Å²) in [6.45, 7) is 2.05. The molecule has 0 amide bonds. The number of aliphatic hydroxyl groups excluding tert-OH is 1. The van der Waals surface area contributed by atoms with Gasteiger partial charge in [0, 0.05) is 11.8 Å². The van der Waals surface area contributed by atoms with Gasteiger partial charge in [0.25, 0.3) is 0 Å². The Morgan fingerprint density at radius 1 is 1.60 bits per heavy atom. The van der Waals surface area contributed by atoms with Gasteiger partial charge < -0.3 is 9.90 Å². The molecule has 2 aliphatic rings. The third-order valence-corrected chi connectivity index (χ3v) is 3.92. The maximum absolute atomic E-state index is 11.0. The lowest BCUT2D eigenvalue weighted by Crippen LogP contribution is -2.25. The Labute approximate surface area is 90.7 Å². The average molecular weight is 206 g/mol. The molecule has 15 heavy (non-hydrogen) atoms. The zero-order valence-corrected chi connectivity index (χ0v) is 9.10. The second-order valence-corrected chi connectivity index (χ2v) is 4.62. The van der Waals surface area contributed by atoms with Crippen LogP contribution in [0.3, 0.4) is 0 Å². The van der Waals surface area contributed by atoms with Gasteiger partial charge in [-0.05, 0) is 37.2 Å². The highest BCUT2D eigenvalue weighted by Crippen LogP contribution is 2.46. The Morgan fingerprint density at radius 3 is 3.07 bits per heavy atom. The number of aliphatic hydroxyl groups is 1. The molecular weight excluding hydrogens is 188 g/mol. The van der Waals surface area contributed by atoms with Crippen LogP contribution in [0.5, 0.6) is 0 Å². The lowest BCUT2D eigenvalue weighted by molar-refractivity contribution is -0.113. The third kappa shape index (κ3) is 1.73. The number of allylic oxidation sites excluding steroid dienone is 4. The summed E-state index contributed by atoms with van der Waals surface area (Å²) in [6, 6.07) is 0. The van der Waals surface area contributed by atoms with Crippen LogP contribution in [-0.2, 0) is 4.79 Å². The number of hydrogen-bond donors (Lipinski definition) is 1. The lowest BCUT2D eigenvalue weighted by atomic mass is 9.78. The summed E-state index contributed by atoms with van der Waals surface area (Å²) in [5.74, 6) is 1.59. The van der Waals surface area contributed by atoms with Crippen molar-refractivity contribution in [2.75, 3.05) is 0 Å². The van der Waals surface area contributed by atoms with Crippen LogP contribution in [0.4, 0.5) is 0 Å². The molecule has 2 rings (SSSR count). The zero-order chi connectivity index (χ0) is 10.8. The molecule has 0 radical (unpaired) electrons. The quantitative estimate of drug-likeness (QED) is 0.721. The van der Waals surface area contributed by atoms with E-state index >= 15 is 0 Å². The molecule has 1 saturated carbocycles. The molecule has 2 nitrogen and oxygen atoms in total. The molecule has 4 unspecified atom stereocenters. The van der Waals surface area contributed by atoms with Crippen LogP contribution in [-0.4, -0.2) is 11.4 Å². The summed E-state index contributed by atoms with van der Waals surface area (Å²) >= 11 is 0. The van der Waals surface area contributed by atoms with Crippen molar-refractivity contribution < 1.29 is 9.90 Å². The van der Waals surface area contributed by atoms with Gasteiger partial charge in [0.1, 0.15) is 6.29 Å². The fourth-order valence-electron chi connectivity index (χ4n) is 3.10. The summed E-state index contributed by atoms with van der Waals surface area (Å²) in [5.41, 5.74) is 0. The van der Waals surface area contributed by atoms with Gasteiger partial charge in [0.05, 0.1) is 5.76 Å². The second kappa shape index (κ2) is 4.21. The van der Waals surface area contributed by atoms with E-state index in [0.717, 1.165) is 25.5 Å². The molecule has 0 saturated heterocycles. The van der Waals surface area contributed by atoms with Crippen LogP contribution in [0.15, 0.2) is 24.0 Å². The summed E-state index contributed by atoms with van der Waals surface area (Å²) in [4.78, 5) is 11.0. The van der Waals surface area contributed by atoms with Crippen LogP contribution < -0.4 is 0 Å². The van der Waals surface area contributed by atoms with Gasteiger partial charge in [-0.3, -0.25) is 0 Å². The van der Waals surface area contributed by atoms with Gasteiger partial charge in [-0.15, -0.1) is 0 Å². The van der Waals surface area contributed by atoms with E-state index < -0.39 is 0 Å². The van der Waals surface area contributed by atoms with Crippen LogP contribution in [0, 0.1) is 23.7 Å². The van der Waals surface area contributed by atoms with Crippen molar-refractivity contribution in [1.29, 1.82) is 0 Å². The van der Waals surface area contributed by atoms with Crippen molar-refractivity contribution in [3.63, 3.8) is 0 Å². The van der Waals surface area contributed by atoms with Crippen LogP contribution in [0.1, 0.15) is 26.2 Å². The smallest absolute Gasteiger partial charge is 0.123 e. The number of fused-ring (bicyclic) bond motifs is 1. The van der Waals surface area contributed by atoms with Gasteiger partial charge in [0.15, 0.2) is 0 Å². The summed E-state index contributed by atoms with van der Waals surface area (Å²) < 4.78 is 0. The highest BCUT2D eigenvalue weighted by molar-refractivity contribution is 5.54. The minimum Gasteiger partial charge on any atom is -0.512 e. The molecule has 2 heteroatoms. The van der Waals surface area contributed by atoms with Crippen molar-refractivity contribution >= 4 is 6.29 Å². The molecule has 0 bridgehead atoms. The van der Waals surface area contributed by atoms with Crippen molar-refractivity contribution in [2.24, 2.45) is 23.7 Å². The summed E-state index contributed by atoms with van der Waals surface area (Å²) in [7, 11) is 0. The monoisotopic (exact) mass is 206 g/mol. The van der Waals surface area contributed by atoms with E-state index in [2.05, 4.69) is 6.08 Å². The van der Waals surface area contributed by atoms with E-state index in [1.54, 1.807) is 6.08 Å². The van der Waals surface area contributed by atoms with Gasteiger partial charge in [-0.25, -0.2) is 0 Å². The Morgan fingerprint density at radius 2 is 2.40 bits per heavy atom. The van der Waals surface area contributed by atoms with Gasteiger partial charge >= 0.3 is 0 Å². The highest BCUT2D eigenvalue weighted by atomic mass is 16.3. The largest absolute Gasteiger partial charge is 0.512 e. The summed E-state index contributed by atoms with van der Waals surface area (Å²) in [5, 5.41) is 9.88. The number of rotatable bonds is 3. The molecule has 0 aliphatic heterocycles. The Kier molecular flexibility index (Phi) is 2.94. The first kappa shape index (κ1) is 10.5. The van der Waals surface area contributed by atoms with E-state index in [9.17, 15) is 9.90 Å². The summed E-state index contributed by atoms with van der Waals surface area (Å²) in [6.07, 6.45) is 10.00. The maximum Gasteiger partial charge on any atom is 0.123 e. The predicted octanol–water partition coefficient (Wildman–Crippen LogP) is 2.87. The first-order valence-corrected chi connectivity index (χ1v) is 5.80. The molecule has 0 aromatic rings. The molecule has 1 fully saturated rings.